The van der Waals surface area contributed by atoms with Gasteiger partial charge < -0.3 is 5.32 Å². The fourth-order valence-electron chi connectivity index (χ4n) is 1.49. The third-order valence-electron chi connectivity index (χ3n) is 2.16. The van der Waals surface area contributed by atoms with Gasteiger partial charge >= 0.3 is 0 Å². The van der Waals surface area contributed by atoms with E-state index in [1.807, 2.05) is 18.0 Å². The monoisotopic (exact) mass is 167 g/mol. The molecule has 12 heavy (non-hydrogen) atoms. The molecule has 0 aromatic rings. The highest BCUT2D eigenvalue weighted by atomic mass is 16.2. The average Bonchev–Trinajstić information content (AvgIpc) is 2.47. The first-order valence-electron chi connectivity index (χ1n) is 4.10. The summed E-state index contributed by atoms with van der Waals surface area (Å²) in [6, 6.07) is 1.87. The molecule has 0 aromatic heterocycles. The summed E-state index contributed by atoms with van der Waals surface area (Å²) in [6.45, 7) is 1.09. The molecular formula is C8H13N3O. The number of hydrogen-bond donors (Lipinski definition) is 1. The van der Waals surface area contributed by atoms with Gasteiger partial charge in [0.15, 0.2) is 0 Å². The first-order valence-corrected chi connectivity index (χ1v) is 4.10. The normalized spacial score (nSPS) is 23.5. The van der Waals surface area contributed by atoms with Gasteiger partial charge in [-0.3, -0.25) is 9.69 Å². The zero-order valence-electron chi connectivity index (χ0n) is 7.21. The van der Waals surface area contributed by atoms with E-state index >= 15 is 0 Å². The minimum atomic E-state index is -0.0171. The van der Waals surface area contributed by atoms with Crippen LogP contribution in [0.4, 0.5) is 0 Å². The van der Waals surface area contributed by atoms with Gasteiger partial charge in [-0.1, -0.05) is 0 Å². The standard InChI is InChI=1S/C8H13N3O/c1-11-6-2-3-7(11)8(12)10-5-4-9/h7H,2-3,5-6H2,1H3,(H,10,12)/t7-/m0/s1. The molecule has 1 amide bonds. The largest absolute Gasteiger partial charge is 0.342 e. The smallest absolute Gasteiger partial charge is 0.238 e. The third-order valence-corrected chi connectivity index (χ3v) is 2.16. The number of amides is 1. The van der Waals surface area contributed by atoms with E-state index in [0.29, 0.717) is 0 Å². The zero-order chi connectivity index (χ0) is 8.97. The second-order valence-corrected chi connectivity index (χ2v) is 3.01. The molecule has 4 nitrogen and oxygen atoms in total. The highest BCUT2D eigenvalue weighted by Crippen LogP contribution is 2.14. The van der Waals surface area contributed by atoms with Crippen molar-refractivity contribution in [1.29, 1.82) is 5.26 Å². The Morgan fingerprint density at radius 3 is 3.08 bits per heavy atom. The van der Waals surface area contributed by atoms with E-state index in [4.69, 9.17) is 5.26 Å². The van der Waals surface area contributed by atoms with Crippen molar-refractivity contribution >= 4 is 5.91 Å². The number of carbonyl (C=O) groups is 1. The molecule has 1 fully saturated rings. The van der Waals surface area contributed by atoms with Crippen molar-refractivity contribution in [2.24, 2.45) is 0 Å². The Balaban J connectivity index is 2.37. The Labute approximate surface area is 72.2 Å². The van der Waals surface area contributed by atoms with Gasteiger partial charge in [0.1, 0.15) is 6.54 Å². The van der Waals surface area contributed by atoms with Crippen LogP contribution in [0.2, 0.25) is 0 Å². The van der Waals surface area contributed by atoms with E-state index in [1.165, 1.54) is 0 Å². The Morgan fingerprint density at radius 1 is 1.83 bits per heavy atom. The molecule has 1 aliphatic rings. The van der Waals surface area contributed by atoms with Crippen molar-refractivity contribution in [2.75, 3.05) is 20.1 Å². The summed E-state index contributed by atoms with van der Waals surface area (Å²) in [5.41, 5.74) is 0. The number of carbonyl (C=O) groups excluding carboxylic acids is 1. The van der Waals surface area contributed by atoms with Crippen LogP contribution in [-0.4, -0.2) is 37.0 Å². The van der Waals surface area contributed by atoms with Gasteiger partial charge in [-0.05, 0) is 26.4 Å². The fraction of sp³-hybridized carbons (Fsp3) is 0.750. The van der Waals surface area contributed by atoms with E-state index in [1.54, 1.807) is 0 Å². The summed E-state index contributed by atoms with van der Waals surface area (Å²) in [7, 11) is 1.93. The van der Waals surface area contributed by atoms with Crippen molar-refractivity contribution in [2.45, 2.75) is 18.9 Å². The molecule has 0 spiro atoms. The van der Waals surface area contributed by atoms with E-state index < -0.39 is 0 Å². The van der Waals surface area contributed by atoms with Gasteiger partial charge in [-0.15, -0.1) is 0 Å². The summed E-state index contributed by atoms with van der Waals surface area (Å²) in [6.07, 6.45) is 1.98. The van der Waals surface area contributed by atoms with E-state index in [2.05, 4.69) is 5.32 Å². The highest BCUT2D eigenvalue weighted by molar-refractivity contribution is 5.82. The zero-order valence-corrected chi connectivity index (χ0v) is 7.21. The van der Waals surface area contributed by atoms with Crippen LogP contribution in [0, 0.1) is 11.3 Å². The summed E-state index contributed by atoms with van der Waals surface area (Å²) < 4.78 is 0. The minimum Gasteiger partial charge on any atom is -0.342 e. The molecule has 0 bridgehead atoms. The van der Waals surface area contributed by atoms with Crippen molar-refractivity contribution < 1.29 is 4.79 Å². The van der Waals surface area contributed by atoms with Crippen molar-refractivity contribution in [3.05, 3.63) is 0 Å². The van der Waals surface area contributed by atoms with Gasteiger partial charge in [0.25, 0.3) is 0 Å². The lowest BCUT2D eigenvalue weighted by molar-refractivity contribution is -0.124. The lowest BCUT2D eigenvalue weighted by Gasteiger charge is -2.17. The van der Waals surface area contributed by atoms with Gasteiger partial charge in [0, 0.05) is 0 Å². The predicted molar refractivity (Wildman–Crippen MR) is 44.3 cm³/mol. The maximum Gasteiger partial charge on any atom is 0.238 e. The minimum absolute atomic E-state index is 0.0154. The quantitative estimate of drug-likeness (QED) is 0.575. The molecule has 0 aliphatic carbocycles. The molecule has 0 aromatic carbocycles. The number of likely N-dealkylation sites (tertiary alicyclic amines) is 1. The highest BCUT2D eigenvalue weighted by Gasteiger charge is 2.26. The van der Waals surface area contributed by atoms with Crippen LogP contribution in [-0.2, 0) is 4.79 Å². The first-order chi connectivity index (χ1) is 5.75. The molecule has 1 heterocycles. The number of nitrogens with one attached hydrogen (secondary N) is 1. The molecule has 0 saturated carbocycles. The van der Waals surface area contributed by atoms with Gasteiger partial charge in [-0.25, -0.2) is 0 Å². The van der Waals surface area contributed by atoms with E-state index in [0.717, 1.165) is 19.4 Å². The van der Waals surface area contributed by atoms with Crippen LogP contribution in [0.25, 0.3) is 0 Å². The molecular weight excluding hydrogens is 154 g/mol. The number of likely N-dealkylation sites (N-methyl/N-ethyl adjacent to an activating group) is 1. The maximum absolute atomic E-state index is 11.3. The Bertz CT molecular complexity index is 209. The molecule has 4 heteroatoms. The SMILES string of the molecule is CN1CCC[C@H]1C(=O)NCC#N. The summed E-state index contributed by atoms with van der Waals surface area (Å²) in [5, 5.41) is 10.8. The molecule has 1 saturated heterocycles. The van der Waals surface area contributed by atoms with Crippen LogP contribution in [0.1, 0.15) is 12.8 Å². The Morgan fingerprint density at radius 2 is 2.58 bits per heavy atom. The van der Waals surface area contributed by atoms with Crippen LogP contribution in [0.15, 0.2) is 0 Å². The Hall–Kier alpha value is -1.08. The number of hydrogen-bond acceptors (Lipinski definition) is 3. The van der Waals surface area contributed by atoms with Crippen LogP contribution in [0.3, 0.4) is 0 Å². The summed E-state index contributed by atoms with van der Waals surface area (Å²) in [5.74, 6) is -0.0171. The molecule has 0 unspecified atom stereocenters. The first kappa shape index (κ1) is 9.01. The lowest BCUT2D eigenvalue weighted by Crippen LogP contribution is -2.41. The molecule has 1 atom stereocenters. The van der Waals surface area contributed by atoms with E-state index in [9.17, 15) is 4.79 Å². The van der Waals surface area contributed by atoms with Crippen LogP contribution < -0.4 is 5.32 Å². The molecule has 0 radical (unpaired) electrons. The predicted octanol–water partition coefficient (Wildman–Crippen LogP) is -0.280. The van der Waals surface area contributed by atoms with Crippen LogP contribution >= 0.6 is 0 Å². The molecule has 66 valence electrons. The molecule has 1 N–H and O–H groups in total. The van der Waals surface area contributed by atoms with Gasteiger partial charge in [0.05, 0.1) is 12.1 Å². The summed E-state index contributed by atoms with van der Waals surface area (Å²) >= 11 is 0. The fourth-order valence-corrected chi connectivity index (χ4v) is 1.49. The number of nitrogens with zero attached hydrogens (tertiary/aromatic N) is 2. The third kappa shape index (κ3) is 1.95. The second-order valence-electron chi connectivity index (χ2n) is 3.01. The maximum atomic E-state index is 11.3. The topological polar surface area (TPSA) is 56.1 Å². The van der Waals surface area contributed by atoms with Crippen molar-refractivity contribution in [3.8, 4) is 6.07 Å². The van der Waals surface area contributed by atoms with Gasteiger partial charge in [0.2, 0.25) is 5.91 Å². The summed E-state index contributed by atoms with van der Waals surface area (Å²) in [4.78, 5) is 13.3. The lowest BCUT2D eigenvalue weighted by atomic mass is 10.2. The molecule has 1 aliphatic heterocycles. The van der Waals surface area contributed by atoms with Gasteiger partial charge in [-0.2, -0.15) is 5.26 Å². The van der Waals surface area contributed by atoms with Crippen molar-refractivity contribution in [1.82, 2.24) is 10.2 Å². The average molecular weight is 167 g/mol. The Kier molecular flexibility index (Phi) is 3.06. The van der Waals surface area contributed by atoms with Crippen LogP contribution in [0.5, 0.6) is 0 Å². The number of rotatable bonds is 2. The molecule has 1 rings (SSSR count). The van der Waals surface area contributed by atoms with E-state index in [-0.39, 0.29) is 18.5 Å². The second kappa shape index (κ2) is 4.07. The number of nitriles is 1. The van der Waals surface area contributed by atoms with Crippen molar-refractivity contribution in [3.63, 3.8) is 0 Å².